The van der Waals surface area contributed by atoms with E-state index in [1.807, 2.05) is 0 Å². The van der Waals surface area contributed by atoms with Gasteiger partial charge in [0.15, 0.2) is 5.76 Å². The molecule has 0 bridgehead atoms. The number of hydrogen-bond acceptors (Lipinski definition) is 4. The lowest BCUT2D eigenvalue weighted by Crippen LogP contribution is -2.02. The van der Waals surface area contributed by atoms with E-state index in [0.717, 1.165) is 0 Å². The molecule has 0 fully saturated rings. The SMILES string of the molecule is COCc1onc(-c2c(Cl)cccc2Cl)c1C(=O)O. The summed E-state index contributed by atoms with van der Waals surface area (Å²) in [6.45, 7) is -0.00327. The zero-order valence-corrected chi connectivity index (χ0v) is 11.3. The molecule has 5 nitrogen and oxygen atoms in total. The van der Waals surface area contributed by atoms with Gasteiger partial charge in [-0.05, 0) is 12.1 Å². The Balaban J connectivity index is 2.66. The Morgan fingerprint density at radius 1 is 1.42 bits per heavy atom. The molecule has 0 aliphatic rings. The smallest absolute Gasteiger partial charge is 0.341 e. The van der Waals surface area contributed by atoms with E-state index in [4.69, 9.17) is 32.5 Å². The second-order valence-electron chi connectivity index (χ2n) is 3.66. The van der Waals surface area contributed by atoms with Crippen molar-refractivity contribution in [2.24, 2.45) is 0 Å². The second-order valence-corrected chi connectivity index (χ2v) is 4.48. The summed E-state index contributed by atoms with van der Waals surface area (Å²) >= 11 is 12.1. The maximum absolute atomic E-state index is 11.3. The molecule has 0 aliphatic heterocycles. The van der Waals surface area contributed by atoms with Crippen LogP contribution in [-0.4, -0.2) is 23.3 Å². The van der Waals surface area contributed by atoms with Crippen LogP contribution < -0.4 is 0 Å². The number of rotatable bonds is 4. The highest BCUT2D eigenvalue weighted by Gasteiger charge is 2.26. The van der Waals surface area contributed by atoms with Gasteiger partial charge in [0, 0.05) is 12.7 Å². The van der Waals surface area contributed by atoms with Crippen LogP contribution in [0, 0.1) is 0 Å². The molecule has 0 saturated heterocycles. The Labute approximate surface area is 118 Å². The first kappa shape index (κ1) is 13.9. The van der Waals surface area contributed by atoms with Crippen LogP contribution in [0.25, 0.3) is 11.3 Å². The summed E-state index contributed by atoms with van der Waals surface area (Å²) in [5.41, 5.74) is 0.321. The van der Waals surface area contributed by atoms with Crippen LogP contribution in [-0.2, 0) is 11.3 Å². The molecular formula is C12H9Cl2NO4. The first-order valence-corrected chi connectivity index (χ1v) is 5.97. The summed E-state index contributed by atoms with van der Waals surface area (Å²) in [6.07, 6.45) is 0. The second kappa shape index (κ2) is 5.61. The number of hydrogen-bond donors (Lipinski definition) is 1. The number of methoxy groups -OCH3 is 1. The minimum Gasteiger partial charge on any atom is -0.477 e. The van der Waals surface area contributed by atoms with Crippen LogP contribution in [0.15, 0.2) is 22.7 Å². The minimum atomic E-state index is -1.18. The Morgan fingerprint density at radius 3 is 2.58 bits per heavy atom. The van der Waals surface area contributed by atoms with Gasteiger partial charge in [-0.1, -0.05) is 34.4 Å². The third-order valence-corrected chi connectivity index (χ3v) is 3.08. The summed E-state index contributed by atoms with van der Waals surface area (Å²) in [5.74, 6) is -1.07. The number of carbonyl (C=O) groups is 1. The van der Waals surface area contributed by atoms with Crippen molar-refractivity contribution in [1.29, 1.82) is 0 Å². The summed E-state index contributed by atoms with van der Waals surface area (Å²) in [6, 6.07) is 4.85. The number of benzene rings is 1. The highest BCUT2D eigenvalue weighted by molar-refractivity contribution is 6.39. The maximum atomic E-state index is 11.3. The van der Waals surface area contributed by atoms with Crippen LogP contribution in [0.3, 0.4) is 0 Å². The zero-order chi connectivity index (χ0) is 14.0. The molecule has 0 amide bonds. The first-order valence-electron chi connectivity index (χ1n) is 5.21. The lowest BCUT2D eigenvalue weighted by Gasteiger charge is -2.04. The molecule has 0 aliphatic carbocycles. The third kappa shape index (κ3) is 2.58. The summed E-state index contributed by atoms with van der Waals surface area (Å²) in [4.78, 5) is 11.3. The molecule has 1 aromatic heterocycles. The fourth-order valence-electron chi connectivity index (χ4n) is 1.67. The third-order valence-electron chi connectivity index (χ3n) is 2.45. The number of aromatic carboxylic acids is 1. The van der Waals surface area contributed by atoms with Crippen molar-refractivity contribution in [3.05, 3.63) is 39.6 Å². The molecule has 2 aromatic rings. The maximum Gasteiger partial charge on any atom is 0.341 e. The van der Waals surface area contributed by atoms with Crippen LogP contribution >= 0.6 is 23.2 Å². The predicted molar refractivity (Wildman–Crippen MR) is 69.6 cm³/mol. The molecule has 1 N–H and O–H groups in total. The van der Waals surface area contributed by atoms with Gasteiger partial charge in [-0.25, -0.2) is 4.79 Å². The summed E-state index contributed by atoms with van der Waals surface area (Å²) in [5, 5.41) is 13.6. The van der Waals surface area contributed by atoms with Gasteiger partial charge in [0.1, 0.15) is 17.9 Å². The van der Waals surface area contributed by atoms with Crippen LogP contribution in [0.2, 0.25) is 10.0 Å². The van der Waals surface area contributed by atoms with Gasteiger partial charge in [-0.3, -0.25) is 0 Å². The Hall–Kier alpha value is -1.56. The van der Waals surface area contributed by atoms with Gasteiger partial charge in [-0.15, -0.1) is 0 Å². The van der Waals surface area contributed by atoms with E-state index < -0.39 is 5.97 Å². The van der Waals surface area contributed by atoms with E-state index in [1.165, 1.54) is 7.11 Å². The van der Waals surface area contributed by atoms with E-state index in [1.54, 1.807) is 18.2 Å². The molecular weight excluding hydrogens is 293 g/mol. The van der Waals surface area contributed by atoms with E-state index >= 15 is 0 Å². The quantitative estimate of drug-likeness (QED) is 0.936. The van der Waals surface area contributed by atoms with E-state index in [0.29, 0.717) is 15.6 Å². The van der Waals surface area contributed by atoms with Crippen molar-refractivity contribution >= 4 is 29.2 Å². The zero-order valence-electron chi connectivity index (χ0n) is 9.81. The lowest BCUT2D eigenvalue weighted by atomic mass is 10.1. The number of carboxylic acids is 1. The topological polar surface area (TPSA) is 72.6 Å². The minimum absolute atomic E-state index is 0.00327. The van der Waals surface area contributed by atoms with Crippen molar-refractivity contribution in [3.8, 4) is 11.3 Å². The molecule has 19 heavy (non-hydrogen) atoms. The van der Waals surface area contributed by atoms with Gasteiger partial charge in [0.05, 0.1) is 10.0 Å². The van der Waals surface area contributed by atoms with E-state index in [2.05, 4.69) is 5.16 Å². The van der Waals surface area contributed by atoms with Crippen molar-refractivity contribution in [2.75, 3.05) is 7.11 Å². The molecule has 0 spiro atoms. The van der Waals surface area contributed by atoms with Gasteiger partial charge in [0.25, 0.3) is 0 Å². The molecule has 100 valence electrons. The van der Waals surface area contributed by atoms with Gasteiger partial charge < -0.3 is 14.4 Å². The van der Waals surface area contributed by atoms with Crippen LogP contribution in [0.4, 0.5) is 0 Å². The molecule has 0 atom stereocenters. The van der Waals surface area contributed by atoms with Crippen LogP contribution in [0.1, 0.15) is 16.1 Å². The molecule has 1 heterocycles. The number of carboxylic acid groups (broad SMARTS) is 1. The monoisotopic (exact) mass is 301 g/mol. The lowest BCUT2D eigenvalue weighted by molar-refractivity contribution is 0.0688. The van der Waals surface area contributed by atoms with Crippen molar-refractivity contribution in [3.63, 3.8) is 0 Å². The van der Waals surface area contributed by atoms with Gasteiger partial charge in [-0.2, -0.15) is 0 Å². The predicted octanol–water partition coefficient (Wildman–Crippen LogP) is 3.49. The molecule has 1 aromatic carbocycles. The fraction of sp³-hybridized carbons (Fsp3) is 0.167. The summed E-state index contributed by atoms with van der Waals surface area (Å²) in [7, 11) is 1.43. The van der Waals surface area contributed by atoms with Crippen LogP contribution in [0.5, 0.6) is 0 Å². The Morgan fingerprint density at radius 2 is 2.05 bits per heavy atom. The first-order chi connectivity index (χ1) is 9.06. The van der Waals surface area contributed by atoms with Crippen molar-refractivity contribution < 1.29 is 19.2 Å². The average Bonchev–Trinajstić information content (AvgIpc) is 2.73. The molecule has 7 heteroatoms. The standard InChI is InChI=1S/C12H9Cl2NO4/c1-18-5-8-10(12(16)17)11(15-19-8)9-6(13)3-2-4-7(9)14/h2-4H,5H2,1H3,(H,16,17). The van der Waals surface area contributed by atoms with E-state index in [-0.39, 0.29) is 23.6 Å². The van der Waals surface area contributed by atoms with Crippen molar-refractivity contribution in [2.45, 2.75) is 6.61 Å². The Kier molecular flexibility index (Phi) is 4.09. The van der Waals surface area contributed by atoms with Gasteiger partial charge >= 0.3 is 5.97 Å². The number of aromatic nitrogens is 1. The molecule has 0 unspecified atom stereocenters. The summed E-state index contributed by atoms with van der Waals surface area (Å²) < 4.78 is 9.85. The molecule has 0 radical (unpaired) electrons. The highest BCUT2D eigenvalue weighted by atomic mass is 35.5. The normalized spacial score (nSPS) is 10.7. The molecule has 2 rings (SSSR count). The van der Waals surface area contributed by atoms with Crippen molar-refractivity contribution in [1.82, 2.24) is 5.16 Å². The van der Waals surface area contributed by atoms with E-state index in [9.17, 15) is 9.90 Å². The fourth-order valence-corrected chi connectivity index (χ4v) is 2.25. The number of ether oxygens (including phenoxy) is 1. The van der Waals surface area contributed by atoms with Gasteiger partial charge in [0.2, 0.25) is 0 Å². The largest absolute Gasteiger partial charge is 0.477 e. The Bertz CT molecular complexity index is 604. The number of halogens is 2. The molecule has 0 saturated carbocycles. The number of nitrogens with zero attached hydrogens (tertiary/aromatic N) is 1. The highest BCUT2D eigenvalue weighted by Crippen LogP contribution is 2.36. The average molecular weight is 302 g/mol.